The standard InChI is InChI=1S/C16H25N3O2S/c1-11-8-13(22-12(11)2)9-18-14-10-19(7-6-17-14)15(20)21-16(3,4)5/h8H,6-7,9-10H2,1-5H3,(H,17,18). The summed E-state index contributed by atoms with van der Waals surface area (Å²) >= 11 is 1.80. The average Bonchev–Trinajstić information content (AvgIpc) is 2.74. The molecule has 22 heavy (non-hydrogen) atoms. The Balaban J connectivity index is 1.88. The summed E-state index contributed by atoms with van der Waals surface area (Å²) in [6.07, 6.45) is -0.274. The van der Waals surface area contributed by atoms with Crippen LogP contribution in [0.2, 0.25) is 0 Å². The third kappa shape index (κ3) is 4.73. The molecule has 0 spiro atoms. The van der Waals surface area contributed by atoms with Crippen LogP contribution in [0, 0.1) is 13.8 Å². The Hall–Kier alpha value is -1.56. The van der Waals surface area contributed by atoms with Crippen LogP contribution in [0.25, 0.3) is 0 Å². The van der Waals surface area contributed by atoms with Crippen molar-refractivity contribution < 1.29 is 9.53 Å². The lowest BCUT2D eigenvalue weighted by atomic mass is 10.2. The molecule has 0 saturated heterocycles. The second kappa shape index (κ2) is 6.69. The second-order valence-corrected chi connectivity index (χ2v) is 7.88. The molecule has 0 fully saturated rings. The van der Waals surface area contributed by atoms with Gasteiger partial charge in [-0.1, -0.05) is 0 Å². The van der Waals surface area contributed by atoms with E-state index in [1.54, 1.807) is 16.2 Å². The normalized spacial score (nSPS) is 15.5. The quantitative estimate of drug-likeness (QED) is 0.910. The van der Waals surface area contributed by atoms with E-state index in [1.165, 1.54) is 15.3 Å². The van der Waals surface area contributed by atoms with Crippen molar-refractivity contribution in [3.63, 3.8) is 0 Å². The Labute approximate surface area is 136 Å². The monoisotopic (exact) mass is 323 g/mol. The zero-order chi connectivity index (χ0) is 16.3. The molecule has 0 saturated carbocycles. The van der Waals surface area contributed by atoms with E-state index in [1.807, 2.05) is 20.8 Å². The van der Waals surface area contributed by atoms with Gasteiger partial charge in [0.25, 0.3) is 0 Å². The van der Waals surface area contributed by atoms with E-state index < -0.39 is 5.60 Å². The first-order valence-electron chi connectivity index (χ1n) is 7.55. The van der Waals surface area contributed by atoms with Gasteiger partial charge in [-0.3, -0.25) is 9.89 Å². The number of nitrogens with one attached hydrogen (secondary N) is 1. The molecule has 0 aliphatic carbocycles. The van der Waals surface area contributed by atoms with Crippen LogP contribution in [0.5, 0.6) is 0 Å². The smallest absolute Gasteiger partial charge is 0.410 e. The largest absolute Gasteiger partial charge is 0.444 e. The van der Waals surface area contributed by atoms with Crippen molar-refractivity contribution >= 4 is 23.3 Å². The van der Waals surface area contributed by atoms with Crippen molar-refractivity contribution in [3.05, 3.63) is 21.4 Å². The molecule has 2 rings (SSSR count). The van der Waals surface area contributed by atoms with E-state index in [2.05, 4.69) is 30.2 Å². The van der Waals surface area contributed by atoms with Gasteiger partial charge in [0.2, 0.25) is 0 Å². The molecule has 0 aromatic carbocycles. The lowest BCUT2D eigenvalue weighted by Gasteiger charge is -2.29. The van der Waals surface area contributed by atoms with Gasteiger partial charge in [-0.05, 0) is 46.2 Å². The third-order valence-corrected chi connectivity index (χ3v) is 4.50. The number of aryl methyl sites for hydroxylation is 2. The van der Waals surface area contributed by atoms with Crippen molar-refractivity contribution in [1.29, 1.82) is 0 Å². The van der Waals surface area contributed by atoms with Crippen LogP contribution in [0.15, 0.2) is 11.1 Å². The molecule has 1 aliphatic rings. The number of aliphatic imine (C=N–C) groups is 1. The number of rotatable bonds is 2. The Morgan fingerprint density at radius 3 is 2.77 bits per heavy atom. The second-order valence-electron chi connectivity index (χ2n) is 6.54. The van der Waals surface area contributed by atoms with E-state index in [4.69, 9.17) is 4.74 Å². The number of ether oxygens (including phenoxy) is 1. The van der Waals surface area contributed by atoms with E-state index in [9.17, 15) is 4.79 Å². The Morgan fingerprint density at radius 1 is 1.45 bits per heavy atom. The van der Waals surface area contributed by atoms with Crippen LogP contribution in [-0.2, 0) is 11.3 Å². The van der Waals surface area contributed by atoms with Crippen molar-refractivity contribution in [2.45, 2.75) is 46.8 Å². The van der Waals surface area contributed by atoms with Gasteiger partial charge in [-0.25, -0.2) is 4.79 Å². The molecular formula is C16H25N3O2S. The Bertz CT molecular complexity index is 553. The zero-order valence-electron chi connectivity index (χ0n) is 14.0. The molecular weight excluding hydrogens is 298 g/mol. The molecule has 5 nitrogen and oxygen atoms in total. The molecule has 0 atom stereocenters. The summed E-state index contributed by atoms with van der Waals surface area (Å²) in [5, 5.41) is 3.34. The third-order valence-electron chi connectivity index (χ3n) is 3.35. The first-order chi connectivity index (χ1) is 10.2. The molecule has 1 aliphatic heterocycles. The number of carbonyl (C=O) groups excluding carboxylic acids is 1. The highest BCUT2D eigenvalue weighted by atomic mass is 32.1. The first kappa shape index (κ1) is 16.8. The van der Waals surface area contributed by atoms with E-state index in [0.717, 1.165) is 12.4 Å². The highest BCUT2D eigenvalue weighted by molar-refractivity contribution is 7.12. The fraction of sp³-hybridized carbons (Fsp3) is 0.625. The molecule has 0 unspecified atom stereocenters. The summed E-state index contributed by atoms with van der Waals surface area (Å²) in [4.78, 5) is 20.9. The highest BCUT2D eigenvalue weighted by Gasteiger charge is 2.24. The predicted octanol–water partition coefficient (Wildman–Crippen LogP) is 3.10. The van der Waals surface area contributed by atoms with Gasteiger partial charge < -0.3 is 10.1 Å². The fourth-order valence-corrected chi connectivity index (χ4v) is 3.13. The number of carbonyl (C=O) groups is 1. The van der Waals surface area contributed by atoms with Crippen LogP contribution in [0.3, 0.4) is 0 Å². The molecule has 1 aromatic rings. The molecule has 2 heterocycles. The maximum atomic E-state index is 12.1. The lowest BCUT2D eigenvalue weighted by Crippen LogP contribution is -2.47. The Kier molecular flexibility index (Phi) is 5.11. The molecule has 1 N–H and O–H groups in total. The number of hydrogen-bond donors (Lipinski definition) is 1. The fourth-order valence-electron chi connectivity index (χ4n) is 2.14. The van der Waals surface area contributed by atoms with Gasteiger partial charge in [0.15, 0.2) is 0 Å². The van der Waals surface area contributed by atoms with Gasteiger partial charge in [-0.2, -0.15) is 0 Å². The predicted molar refractivity (Wildman–Crippen MR) is 90.7 cm³/mol. The van der Waals surface area contributed by atoms with Crippen LogP contribution >= 0.6 is 11.3 Å². The SMILES string of the molecule is Cc1cc(CNC2=NCCN(C(=O)OC(C)(C)C)C2)sc1C. The van der Waals surface area contributed by atoms with Crippen molar-refractivity contribution in [1.82, 2.24) is 10.2 Å². The maximum absolute atomic E-state index is 12.1. The average molecular weight is 323 g/mol. The molecule has 122 valence electrons. The topological polar surface area (TPSA) is 53.9 Å². The summed E-state index contributed by atoms with van der Waals surface area (Å²) in [5.74, 6) is 0.848. The minimum absolute atomic E-state index is 0.274. The van der Waals surface area contributed by atoms with Crippen LogP contribution in [0.1, 0.15) is 36.1 Å². The number of nitrogens with zero attached hydrogens (tertiary/aromatic N) is 2. The lowest BCUT2D eigenvalue weighted by molar-refractivity contribution is 0.0276. The van der Waals surface area contributed by atoms with Crippen LogP contribution in [0.4, 0.5) is 4.79 Å². The van der Waals surface area contributed by atoms with Crippen molar-refractivity contribution in [2.24, 2.45) is 4.99 Å². The summed E-state index contributed by atoms with van der Waals surface area (Å²) in [6, 6.07) is 2.20. The minimum Gasteiger partial charge on any atom is -0.444 e. The van der Waals surface area contributed by atoms with Crippen LogP contribution in [-0.4, -0.2) is 42.1 Å². The molecule has 0 bridgehead atoms. The van der Waals surface area contributed by atoms with Gasteiger partial charge in [0, 0.05) is 16.3 Å². The maximum Gasteiger partial charge on any atom is 0.410 e. The number of amidine groups is 1. The van der Waals surface area contributed by atoms with Crippen molar-refractivity contribution in [3.8, 4) is 0 Å². The van der Waals surface area contributed by atoms with Gasteiger partial charge in [-0.15, -0.1) is 11.3 Å². The number of thiophene rings is 1. The Morgan fingerprint density at radius 2 is 2.18 bits per heavy atom. The molecule has 0 radical (unpaired) electrons. The summed E-state index contributed by atoms with van der Waals surface area (Å²) in [5.41, 5.74) is 0.855. The summed E-state index contributed by atoms with van der Waals surface area (Å²) < 4.78 is 5.41. The van der Waals surface area contributed by atoms with E-state index in [0.29, 0.717) is 19.6 Å². The zero-order valence-corrected chi connectivity index (χ0v) is 14.8. The van der Waals surface area contributed by atoms with Gasteiger partial charge in [0.1, 0.15) is 11.4 Å². The number of amides is 1. The summed E-state index contributed by atoms with van der Waals surface area (Å²) in [7, 11) is 0. The number of hydrogen-bond acceptors (Lipinski definition) is 5. The minimum atomic E-state index is -0.467. The highest BCUT2D eigenvalue weighted by Crippen LogP contribution is 2.20. The van der Waals surface area contributed by atoms with Crippen LogP contribution < -0.4 is 5.32 Å². The van der Waals surface area contributed by atoms with E-state index >= 15 is 0 Å². The van der Waals surface area contributed by atoms with Crippen molar-refractivity contribution in [2.75, 3.05) is 19.6 Å². The van der Waals surface area contributed by atoms with E-state index in [-0.39, 0.29) is 6.09 Å². The van der Waals surface area contributed by atoms with Gasteiger partial charge in [0.05, 0.1) is 19.6 Å². The molecule has 1 amide bonds. The first-order valence-corrected chi connectivity index (χ1v) is 8.37. The molecule has 1 aromatic heterocycles. The summed E-state index contributed by atoms with van der Waals surface area (Å²) in [6.45, 7) is 12.3. The van der Waals surface area contributed by atoms with Gasteiger partial charge >= 0.3 is 6.09 Å². The molecule has 6 heteroatoms.